The van der Waals surface area contributed by atoms with E-state index < -0.39 is 116 Å². The number of aliphatic hydroxyl groups excluding tert-OH is 3. The molecule has 0 saturated carbocycles. The van der Waals surface area contributed by atoms with Crippen molar-refractivity contribution in [1.82, 2.24) is 36.8 Å². The van der Waals surface area contributed by atoms with Gasteiger partial charge in [-0.05, 0) is 57.9 Å². The molecular formula is C49H88N8O18. The summed E-state index contributed by atoms with van der Waals surface area (Å²) in [5.41, 5.74) is 5.48. The molecule has 0 spiro atoms. The average molecular weight is 1080 g/mol. The SMILES string of the molecule is C[C@@H](CO)C(=O)N[C@@H](CCCCN(CC(=O)O)CC(=O)O)C(=O)N[C@@H](CO)C(=O)N[C@@H](CO)C(=O)N[C@@H](CCCCNC(=O)COCCOCCNC(=O)CCCCCCCCCCCCCCCC(=O)O)C(N)=O. The first-order valence-corrected chi connectivity index (χ1v) is 26.2. The zero-order valence-electron chi connectivity index (χ0n) is 43.8. The van der Waals surface area contributed by atoms with Gasteiger partial charge in [-0.1, -0.05) is 77.6 Å². The van der Waals surface area contributed by atoms with Crippen molar-refractivity contribution in [2.75, 3.05) is 79.0 Å². The fourth-order valence-corrected chi connectivity index (χ4v) is 7.43. The third-order valence-corrected chi connectivity index (χ3v) is 11.8. The molecule has 26 nitrogen and oxygen atoms in total. The fraction of sp³-hybridized carbons (Fsp3) is 0.796. The maximum Gasteiger partial charge on any atom is 0.317 e. The predicted octanol–water partition coefficient (Wildman–Crippen LogP) is -0.963. The molecule has 0 aromatic rings. The number of aliphatic hydroxyl groups is 3. The molecule has 75 heavy (non-hydrogen) atoms. The predicted molar refractivity (Wildman–Crippen MR) is 271 cm³/mol. The number of carboxylic acid groups (broad SMARTS) is 3. The lowest BCUT2D eigenvalue weighted by molar-refractivity contribution is -0.142. The Labute approximate surface area is 439 Å². The van der Waals surface area contributed by atoms with Crippen LogP contribution in [0.2, 0.25) is 0 Å². The van der Waals surface area contributed by atoms with Crippen molar-refractivity contribution in [3.63, 3.8) is 0 Å². The highest BCUT2D eigenvalue weighted by molar-refractivity contribution is 5.95. The number of nitrogens with two attached hydrogens (primary N) is 1. The Morgan fingerprint density at radius 1 is 0.453 bits per heavy atom. The van der Waals surface area contributed by atoms with Crippen molar-refractivity contribution in [1.29, 1.82) is 0 Å². The van der Waals surface area contributed by atoms with E-state index in [9.17, 15) is 63.3 Å². The van der Waals surface area contributed by atoms with Gasteiger partial charge in [0.1, 0.15) is 30.8 Å². The number of hydrogen-bond acceptors (Lipinski definition) is 16. The van der Waals surface area contributed by atoms with E-state index >= 15 is 0 Å². The molecule has 0 bridgehead atoms. The largest absolute Gasteiger partial charge is 0.481 e. The van der Waals surface area contributed by atoms with Gasteiger partial charge in [-0.15, -0.1) is 0 Å². The number of carbonyl (C=O) groups excluding carboxylic acids is 7. The number of nitrogens with one attached hydrogen (secondary N) is 6. The van der Waals surface area contributed by atoms with Crippen LogP contribution in [-0.4, -0.2) is 198 Å². The Kier molecular flexibility index (Phi) is 41.4. The zero-order valence-corrected chi connectivity index (χ0v) is 43.8. The number of unbranched alkanes of at least 4 members (excludes halogenated alkanes) is 14. The van der Waals surface area contributed by atoms with E-state index in [0.717, 1.165) is 49.8 Å². The number of primary amides is 1. The van der Waals surface area contributed by atoms with Gasteiger partial charge in [-0.2, -0.15) is 0 Å². The number of ether oxygens (including phenoxy) is 2. The monoisotopic (exact) mass is 1080 g/mol. The van der Waals surface area contributed by atoms with E-state index in [-0.39, 0.29) is 70.9 Å². The molecule has 0 aliphatic heterocycles. The van der Waals surface area contributed by atoms with Gasteiger partial charge in [0, 0.05) is 25.9 Å². The number of nitrogens with zero attached hydrogens (tertiary/aromatic N) is 1. The quantitative estimate of drug-likeness (QED) is 0.0326. The van der Waals surface area contributed by atoms with Crippen LogP contribution in [0.4, 0.5) is 0 Å². The molecule has 0 radical (unpaired) electrons. The molecule has 0 aliphatic rings. The van der Waals surface area contributed by atoms with Gasteiger partial charge in [0.05, 0.1) is 58.6 Å². The Hall–Kier alpha value is -5.54. The van der Waals surface area contributed by atoms with Crippen LogP contribution in [0, 0.1) is 5.92 Å². The third-order valence-electron chi connectivity index (χ3n) is 11.8. The maximum atomic E-state index is 13.3. The Morgan fingerprint density at radius 2 is 0.893 bits per heavy atom. The molecule has 26 heteroatoms. The minimum Gasteiger partial charge on any atom is -0.481 e. The molecule has 0 aromatic heterocycles. The summed E-state index contributed by atoms with van der Waals surface area (Å²) in [6.07, 6.45) is 15.9. The minimum atomic E-state index is -1.71. The van der Waals surface area contributed by atoms with Crippen molar-refractivity contribution in [2.24, 2.45) is 11.7 Å². The van der Waals surface area contributed by atoms with E-state index in [2.05, 4.69) is 31.9 Å². The first kappa shape index (κ1) is 69.5. The van der Waals surface area contributed by atoms with E-state index in [1.807, 2.05) is 0 Å². The van der Waals surface area contributed by atoms with Crippen LogP contribution in [0.1, 0.15) is 142 Å². The number of amides is 7. The van der Waals surface area contributed by atoms with Crippen LogP contribution in [0.5, 0.6) is 0 Å². The highest BCUT2D eigenvalue weighted by Crippen LogP contribution is 2.14. The summed E-state index contributed by atoms with van der Waals surface area (Å²) in [4.78, 5) is 122. The lowest BCUT2D eigenvalue weighted by atomic mass is 10.0. The minimum absolute atomic E-state index is 0.0170. The van der Waals surface area contributed by atoms with Crippen molar-refractivity contribution in [3.05, 3.63) is 0 Å². The van der Waals surface area contributed by atoms with Gasteiger partial charge >= 0.3 is 17.9 Å². The maximum absolute atomic E-state index is 13.3. The molecule has 0 aliphatic carbocycles. The molecule has 14 N–H and O–H groups in total. The number of rotatable bonds is 50. The standard InChI is InChI=1S/C49H88N8O18/c1-35(31-58)46(70)54-37(20-16-18-25-57(29-43(65)66)30-44(67)68)47(71)55-39(33-60)49(73)56-38(32-59)48(72)53-36(45(50)69)19-15-17-23-51-41(62)34-75-28-27-74-26-24-52-40(61)21-13-11-9-7-5-3-2-4-6-8-10-12-14-22-42(63)64/h35-39,58-60H,2-34H2,1H3,(H2,50,69)(H,51,62)(H,52,61)(H,53,72)(H,54,70)(H,55,71)(H,56,73)(H,63,64)(H,65,66)(H,67,68)/t35-,36-,37-,38-,39-/m0/s1. The fourth-order valence-electron chi connectivity index (χ4n) is 7.43. The van der Waals surface area contributed by atoms with Crippen molar-refractivity contribution in [3.8, 4) is 0 Å². The number of aliphatic carboxylic acids is 3. The summed E-state index contributed by atoms with van der Waals surface area (Å²) in [7, 11) is 0. The van der Waals surface area contributed by atoms with Gasteiger partial charge < -0.3 is 77.7 Å². The number of carboxylic acids is 3. The lowest BCUT2D eigenvalue weighted by Crippen LogP contribution is -2.60. The third kappa shape index (κ3) is 38.6. The molecule has 7 amide bonds. The van der Waals surface area contributed by atoms with E-state index in [0.29, 0.717) is 32.4 Å². The summed E-state index contributed by atoms with van der Waals surface area (Å²) < 4.78 is 10.8. The van der Waals surface area contributed by atoms with Gasteiger partial charge in [0.25, 0.3) is 0 Å². The molecule has 0 saturated heterocycles. The summed E-state index contributed by atoms with van der Waals surface area (Å²) in [5.74, 6) is -9.34. The average Bonchev–Trinajstić information content (AvgIpc) is 3.35. The normalized spacial score (nSPS) is 13.1. The first-order chi connectivity index (χ1) is 35.8. The molecule has 5 atom stereocenters. The summed E-state index contributed by atoms with van der Waals surface area (Å²) >= 11 is 0. The second-order valence-corrected chi connectivity index (χ2v) is 18.4. The molecule has 0 rings (SSSR count). The van der Waals surface area contributed by atoms with Crippen molar-refractivity contribution >= 4 is 59.3 Å². The molecule has 0 fully saturated rings. The van der Waals surface area contributed by atoms with Crippen molar-refractivity contribution in [2.45, 2.75) is 166 Å². The van der Waals surface area contributed by atoms with Crippen molar-refractivity contribution < 1.29 is 88.1 Å². The molecular weight excluding hydrogens is 989 g/mol. The van der Waals surface area contributed by atoms with Gasteiger partial charge in [-0.3, -0.25) is 52.8 Å². The molecule has 432 valence electrons. The van der Waals surface area contributed by atoms with Crippen LogP contribution in [0.25, 0.3) is 0 Å². The van der Waals surface area contributed by atoms with Gasteiger partial charge in [-0.25, -0.2) is 0 Å². The summed E-state index contributed by atoms with van der Waals surface area (Å²) in [6.45, 7) is -1.27. The van der Waals surface area contributed by atoms with E-state index in [1.54, 1.807) is 0 Å². The highest BCUT2D eigenvalue weighted by atomic mass is 16.5. The van der Waals surface area contributed by atoms with Crippen LogP contribution >= 0.6 is 0 Å². The summed E-state index contributed by atoms with van der Waals surface area (Å²) in [6, 6.07) is -5.97. The molecule has 0 heterocycles. The zero-order chi connectivity index (χ0) is 56.2. The second kappa shape index (κ2) is 44.7. The highest BCUT2D eigenvalue weighted by Gasteiger charge is 2.31. The number of carbonyl (C=O) groups is 10. The van der Waals surface area contributed by atoms with Crippen LogP contribution in [-0.2, 0) is 57.4 Å². The van der Waals surface area contributed by atoms with E-state index in [1.165, 1.54) is 45.4 Å². The topological polar surface area (TPSA) is 412 Å². The number of hydrogen-bond donors (Lipinski definition) is 13. The van der Waals surface area contributed by atoms with Crippen LogP contribution in [0.3, 0.4) is 0 Å². The molecule has 0 unspecified atom stereocenters. The van der Waals surface area contributed by atoms with Gasteiger partial charge in [0.15, 0.2) is 0 Å². The van der Waals surface area contributed by atoms with E-state index in [4.69, 9.17) is 30.5 Å². The smallest absolute Gasteiger partial charge is 0.317 e. The van der Waals surface area contributed by atoms with Gasteiger partial charge in [0.2, 0.25) is 41.4 Å². The Bertz CT molecular complexity index is 1680. The Balaban J connectivity index is 4.49. The lowest BCUT2D eigenvalue weighted by Gasteiger charge is -2.25. The Morgan fingerprint density at radius 3 is 1.39 bits per heavy atom. The summed E-state index contributed by atoms with van der Waals surface area (Å²) in [5, 5.41) is 70.8. The first-order valence-electron chi connectivity index (χ1n) is 26.2. The second-order valence-electron chi connectivity index (χ2n) is 18.4. The molecule has 0 aromatic carbocycles. The van der Waals surface area contributed by atoms with Crippen LogP contribution < -0.4 is 37.6 Å². The van der Waals surface area contributed by atoms with Crippen LogP contribution in [0.15, 0.2) is 0 Å².